The van der Waals surface area contributed by atoms with Crippen molar-refractivity contribution in [1.29, 1.82) is 0 Å². The Hall–Kier alpha value is -3.40. The Kier molecular flexibility index (Phi) is 23.4. The summed E-state index contributed by atoms with van der Waals surface area (Å²) < 4.78 is 95.2. The minimum atomic E-state index is -5.08. The highest BCUT2D eigenvalue weighted by Crippen LogP contribution is 2.14. The lowest BCUT2D eigenvalue weighted by Gasteiger charge is -2.17. The number of halogens is 9. The first-order valence-electron chi connectivity index (χ1n) is 10.4. The molecule has 11 N–H and O–H groups in total. The van der Waals surface area contributed by atoms with E-state index >= 15 is 0 Å². The molecule has 0 fully saturated rings. The number of carbonyl (C=O) groups is 5. The zero-order valence-electron chi connectivity index (χ0n) is 20.3. The van der Waals surface area contributed by atoms with Crippen LogP contribution in [0.4, 0.5) is 39.5 Å². The summed E-state index contributed by atoms with van der Waals surface area (Å²) in [6.07, 6.45) is -11.4. The topological polar surface area (TPSA) is 256 Å². The van der Waals surface area contributed by atoms with Crippen LogP contribution in [0.15, 0.2) is 0 Å². The van der Waals surface area contributed by atoms with Gasteiger partial charge in [0.15, 0.2) is 0 Å². The molecule has 0 rings (SSSR count). The molecule has 0 unspecified atom stereocenters. The van der Waals surface area contributed by atoms with Gasteiger partial charge in [-0.15, -0.1) is 0 Å². The van der Waals surface area contributed by atoms with Crippen LogP contribution in [0.3, 0.4) is 0 Å². The Labute approximate surface area is 219 Å². The summed E-state index contributed by atoms with van der Waals surface area (Å²) in [5, 5.41) is 32.9. The maximum Gasteiger partial charge on any atom is 0.490 e. The van der Waals surface area contributed by atoms with Crippen molar-refractivity contribution in [3.63, 3.8) is 0 Å². The molecular weight excluding hydrogens is 587 g/mol. The number of nitrogens with two attached hydrogens (primary N) is 3. The third-order valence-corrected chi connectivity index (χ3v) is 3.60. The van der Waals surface area contributed by atoms with Crippen LogP contribution < -0.4 is 22.5 Å². The van der Waals surface area contributed by atoms with E-state index in [1.54, 1.807) is 0 Å². The van der Waals surface area contributed by atoms with Gasteiger partial charge in [-0.2, -0.15) is 39.5 Å². The van der Waals surface area contributed by atoms with Gasteiger partial charge in [0, 0.05) is 0 Å². The average Bonchev–Trinajstić information content (AvgIpc) is 2.77. The van der Waals surface area contributed by atoms with Gasteiger partial charge in [-0.3, -0.25) is 4.79 Å². The number of hydrogen-bond acceptors (Lipinski definition) is 8. The Morgan fingerprint density at radius 1 is 0.600 bits per heavy atom. The summed E-state index contributed by atoms with van der Waals surface area (Å²) in [5.41, 5.74) is 16.4. The molecule has 0 aliphatic heterocycles. The Balaban J connectivity index is -0.000000252. The maximum absolute atomic E-state index is 11.7. The van der Waals surface area contributed by atoms with E-state index in [-0.39, 0.29) is 0 Å². The first-order chi connectivity index (χ1) is 17.9. The zero-order chi connectivity index (χ0) is 32.9. The van der Waals surface area contributed by atoms with Gasteiger partial charge in [0.05, 0.1) is 6.04 Å². The second kappa shape index (κ2) is 21.4. The van der Waals surface area contributed by atoms with E-state index in [1.807, 2.05) is 0 Å². The summed E-state index contributed by atoms with van der Waals surface area (Å²) in [4.78, 5) is 49.4. The summed E-state index contributed by atoms with van der Waals surface area (Å²) in [5.74, 6) is -9.73. The van der Waals surface area contributed by atoms with Crippen molar-refractivity contribution < 1.29 is 83.9 Å². The first-order valence-corrected chi connectivity index (χ1v) is 10.4. The van der Waals surface area contributed by atoms with Gasteiger partial charge in [-0.25, -0.2) is 19.2 Å². The van der Waals surface area contributed by atoms with Gasteiger partial charge in [0.1, 0.15) is 6.04 Å². The van der Waals surface area contributed by atoms with Crippen molar-refractivity contribution in [1.82, 2.24) is 5.32 Å². The highest BCUT2D eigenvalue weighted by Gasteiger charge is 2.39. The number of carbonyl (C=O) groups excluding carboxylic acids is 1. The fourth-order valence-electron chi connectivity index (χ4n) is 1.67. The molecule has 0 aliphatic rings. The number of nitrogens with one attached hydrogen (secondary N) is 1. The van der Waals surface area contributed by atoms with Crippen LogP contribution in [-0.4, -0.2) is 93.9 Å². The number of carboxylic acid groups (broad SMARTS) is 4. The number of aliphatic carboxylic acids is 4. The lowest BCUT2D eigenvalue weighted by Crippen LogP contribution is -2.48. The lowest BCUT2D eigenvalue weighted by molar-refractivity contribution is -0.193. The number of alkyl halides is 9. The van der Waals surface area contributed by atoms with Crippen LogP contribution in [0, 0.1) is 0 Å². The number of amides is 1. The first kappa shape index (κ1) is 43.6. The van der Waals surface area contributed by atoms with Gasteiger partial charge in [0.25, 0.3) is 0 Å². The molecule has 238 valence electrons. The van der Waals surface area contributed by atoms with Crippen LogP contribution in [0.5, 0.6) is 0 Å². The summed E-state index contributed by atoms with van der Waals surface area (Å²) in [7, 11) is 0. The summed E-state index contributed by atoms with van der Waals surface area (Å²) in [6.45, 7) is 1.07. The number of rotatable bonds is 11. The molecule has 1 amide bonds. The Morgan fingerprint density at radius 2 is 0.875 bits per heavy atom. The normalized spacial score (nSPS) is 12.5. The predicted molar refractivity (Wildman–Crippen MR) is 114 cm³/mol. The molecule has 0 aromatic carbocycles. The highest BCUT2D eigenvalue weighted by molar-refractivity contribution is 5.86. The van der Waals surface area contributed by atoms with E-state index in [9.17, 15) is 49.1 Å². The van der Waals surface area contributed by atoms with Gasteiger partial charge >= 0.3 is 42.4 Å². The summed E-state index contributed by atoms with van der Waals surface area (Å²) in [6, 6.07) is -1.57. The van der Waals surface area contributed by atoms with Crippen molar-refractivity contribution >= 4 is 29.8 Å². The van der Waals surface area contributed by atoms with E-state index in [0.29, 0.717) is 32.4 Å². The van der Waals surface area contributed by atoms with Gasteiger partial charge in [0.2, 0.25) is 5.91 Å². The smallest absolute Gasteiger partial charge is 0.480 e. The van der Waals surface area contributed by atoms with Crippen molar-refractivity contribution in [2.45, 2.75) is 69.1 Å². The second-order valence-electron chi connectivity index (χ2n) is 6.98. The monoisotopic (exact) mass is 616 g/mol. The van der Waals surface area contributed by atoms with Crippen LogP contribution in [0.25, 0.3) is 0 Å². The minimum Gasteiger partial charge on any atom is -0.480 e. The third kappa shape index (κ3) is 29.2. The van der Waals surface area contributed by atoms with E-state index < -0.39 is 60.4 Å². The quantitative estimate of drug-likeness (QED) is 0.120. The molecule has 0 saturated carbocycles. The number of hydrogen-bond donors (Lipinski definition) is 8. The van der Waals surface area contributed by atoms with Crippen molar-refractivity contribution in [3.8, 4) is 0 Å². The molecule has 0 heterocycles. The SMILES string of the molecule is NCCCC[C@H](NC(=O)[C@@H](N)CCCCN)C(=O)O.O=C(O)C(F)(F)F.O=C(O)C(F)(F)F.O=C(O)C(F)(F)F. The number of carboxylic acids is 4. The molecule has 22 heteroatoms. The van der Waals surface area contributed by atoms with Gasteiger partial charge in [-0.1, -0.05) is 6.42 Å². The molecule has 0 aliphatic carbocycles. The van der Waals surface area contributed by atoms with Crippen molar-refractivity contribution in [2.24, 2.45) is 17.2 Å². The predicted octanol–water partition coefficient (Wildman–Crippen LogP) is 1.04. The standard InChI is InChI=1S/C12H26N4O3.3C2HF3O2/c13-7-3-1-5-9(15)11(17)16-10(12(18)19)6-2-4-8-14;3*3-2(4,5)1(6)7/h9-10H,1-8,13-15H2,(H,16,17)(H,18,19);3*(H,6,7)/t9-,10-;;;/m0.../s1. The molecular formula is C18H29F9N4O9. The van der Waals surface area contributed by atoms with E-state index in [2.05, 4.69) is 5.32 Å². The molecule has 0 spiro atoms. The van der Waals surface area contributed by atoms with Crippen LogP contribution >= 0.6 is 0 Å². The lowest BCUT2D eigenvalue weighted by atomic mass is 10.1. The fourth-order valence-corrected chi connectivity index (χ4v) is 1.67. The Bertz CT molecular complexity index is 720. The molecule has 2 atom stereocenters. The van der Waals surface area contributed by atoms with Crippen molar-refractivity contribution in [2.75, 3.05) is 13.1 Å². The van der Waals surface area contributed by atoms with E-state index in [4.69, 9.17) is 52.0 Å². The molecule has 0 aromatic heterocycles. The van der Waals surface area contributed by atoms with Gasteiger partial charge in [-0.05, 0) is 45.2 Å². The highest BCUT2D eigenvalue weighted by atomic mass is 19.4. The maximum atomic E-state index is 11.7. The van der Waals surface area contributed by atoms with Crippen LogP contribution in [-0.2, 0) is 24.0 Å². The molecule has 0 saturated heterocycles. The summed E-state index contributed by atoms with van der Waals surface area (Å²) >= 11 is 0. The van der Waals surface area contributed by atoms with E-state index in [0.717, 1.165) is 19.3 Å². The zero-order valence-corrected chi connectivity index (χ0v) is 20.3. The van der Waals surface area contributed by atoms with Crippen LogP contribution in [0.1, 0.15) is 38.5 Å². The number of unbranched alkanes of at least 4 members (excludes halogenated alkanes) is 2. The third-order valence-electron chi connectivity index (χ3n) is 3.60. The van der Waals surface area contributed by atoms with Crippen molar-refractivity contribution in [3.05, 3.63) is 0 Å². The molecule has 0 aromatic rings. The van der Waals surface area contributed by atoms with Crippen LogP contribution in [0.2, 0.25) is 0 Å². The molecule has 0 radical (unpaired) electrons. The largest absolute Gasteiger partial charge is 0.490 e. The molecule has 13 nitrogen and oxygen atoms in total. The second-order valence-corrected chi connectivity index (χ2v) is 6.98. The molecule has 40 heavy (non-hydrogen) atoms. The minimum absolute atomic E-state index is 0.369. The molecule has 0 bridgehead atoms. The Morgan fingerprint density at radius 3 is 1.10 bits per heavy atom. The average molecular weight is 616 g/mol. The van der Waals surface area contributed by atoms with Gasteiger partial charge < -0.3 is 42.9 Å². The van der Waals surface area contributed by atoms with E-state index in [1.165, 1.54) is 0 Å². The fraction of sp³-hybridized carbons (Fsp3) is 0.722.